The van der Waals surface area contributed by atoms with E-state index in [0.29, 0.717) is 6.42 Å². The largest absolute Gasteiger partial charge is 0.444 e. The molecule has 2 amide bonds. The van der Waals surface area contributed by atoms with Crippen molar-refractivity contribution in [1.82, 2.24) is 15.5 Å². The number of hydrogen-bond donors (Lipinski definition) is 2. The Hall–Kier alpha value is -2.20. The Bertz CT molecular complexity index is 896. The minimum absolute atomic E-state index is 0.129. The van der Waals surface area contributed by atoms with Gasteiger partial charge < -0.3 is 19.8 Å². The predicted molar refractivity (Wildman–Crippen MR) is 125 cm³/mol. The summed E-state index contributed by atoms with van der Waals surface area (Å²) in [6, 6.07) is 5.39. The second-order valence-corrected chi connectivity index (χ2v) is 9.95. The van der Waals surface area contributed by atoms with Crippen molar-refractivity contribution in [3.8, 4) is 0 Å². The molecule has 8 nitrogen and oxygen atoms in total. The molecule has 0 radical (unpaired) electrons. The molecule has 1 aromatic heterocycles. The Morgan fingerprint density at radius 3 is 2.61 bits per heavy atom. The van der Waals surface area contributed by atoms with Gasteiger partial charge in [0.2, 0.25) is 11.8 Å². The highest BCUT2D eigenvalue weighted by molar-refractivity contribution is 7.99. The summed E-state index contributed by atoms with van der Waals surface area (Å²) in [5.41, 5.74) is 2.32. The highest BCUT2D eigenvalue weighted by Gasteiger charge is 2.24. The number of aryl methyl sites for hydroxylation is 2. The zero-order valence-electron chi connectivity index (χ0n) is 18.8. The minimum atomic E-state index is -0.604. The third-order valence-corrected chi connectivity index (χ3v) is 5.47. The number of hydrogen-bond acceptors (Lipinski definition) is 8. The zero-order valence-corrected chi connectivity index (χ0v) is 20.4. The summed E-state index contributed by atoms with van der Waals surface area (Å²) in [4.78, 5) is 24.4. The van der Waals surface area contributed by atoms with Gasteiger partial charge in [0.05, 0.1) is 5.75 Å². The van der Waals surface area contributed by atoms with Gasteiger partial charge >= 0.3 is 6.09 Å². The standard InChI is InChI=1S/C21H30N4O4S2/c1-13-7-8-15(14(2)11-13)22-17(26)12-31-20-25-24-18(28-20)16(9-10-30-6)23-19(27)29-21(3,4)5/h7-8,11,16H,9-10,12H2,1-6H3,(H,22,26)(H,23,27)/t16-/m0/s1. The smallest absolute Gasteiger partial charge is 0.408 e. The van der Waals surface area contributed by atoms with Crippen LogP contribution < -0.4 is 10.6 Å². The van der Waals surface area contributed by atoms with E-state index in [4.69, 9.17) is 9.15 Å². The fraction of sp³-hybridized carbons (Fsp3) is 0.524. The fourth-order valence-electron chi connectivity index (χ4n) is 2.63. The number of amides is 2. The molecular weight excluding hydrogens is 436 g/mol. The molecule has 10 heteroatoms. The van der Waals surface area contributed by atoms with Crippen molar-refractivity contribution in [2.45, 2.75) is 57.9 Å². The number of nitrogens with one attached hydrogen (secondary N) is 2. The Kier molecular flexibility index (Phi) is 9.24. The number of rotatable bonds is 9. The van der Waals surface area contributed by atoms with Gasteiger partial charge in [-0.25, -0.2) is 4.79 Å². The average molecular weight is 467 g/mol. The van der Waals surface area contributed by atoms with Crippen LogP contribution in [0.3, 0.4) is 0 Å². The lowest BCUT2D eigenvalue weighted by Crippen LogP contribution is -2.35. The van der Waals surface area contributed by atoms with Crippen molar-refractivity contribution < 1.29 is 18.7 Å². The molecule has 0 aliphatic rings. The third kappa shape index (κ3) is 8.82. The van der Waals surface area contributed by atoms with Gasteiger partial charge in [0.15, 0.2) is 0 Å². The number of ether oxygens (including phenoxy) is 1. The number of alkyl carbamates (subject to hydrolysis) is 1. The molecule has 0 unspecified atom stereocenters. The number of benzene rings is 1. The first-order valence-corrected chi connectivity index (χ1v) is 12.3. The second kappa shape index (κ2) is 11.4. The summed E-state index contributed by atoms with van der Waals surface area (Å²) in [5.74, 6) is 1.05. The van der Waals surface area contributed by atoms with Crippen molar-refractivity contribution in [1.29, 1.82) is 0 Å². The number of aromatic nitrogens is 2. The van der Waals surface area contributed by atoms with Crippen molar-refractivity contribution >= 4 is 41.2 Å². The topological polar surface area (TPSA) is 106 Å². The molecule has 1 aromatic carbocycles. The number of nitrogens with zero attached hydrogens (tertiary/aromatic N) is 2. The van der Waals surface area contributed by atoms with E-state index < -0.39 is 17.7 Å². The molecule has 0 saturated heterocycles. The van der Waals surface area contributed by atoms with Crippen molar-refractivity contribution in [3.63, 3.8) is 0 Å². The molecule has 1 atom stereocenters. The molecule has 2 N–H and O–H groups in total. The van der Waals surface area contributed by atoms with Crippen LogP contribution in [0.2, 0.25) is 0 Å². The maximum atomic E-state index is 12.3. The summed E-state index contributed by atoms with van der Waals surface area (Å²) in [6.45, 7) is 9.36. The maximum Gasteiger partial charge on any atom is 0.408 e. The average Bonchev–Trinajstić information content (AvgIpc) is 3.13. The Morgan fingerprint density at radius 1 is 1.23 bits per heavy atom. The first kappa shape index (κ1) is 25.1. The van der Waals surface area contributed by atoms with Crippen molar-refractivity contribution in [2.24, 2.45) is 0 Å². The van der Waals surface area contributed by atoms with Gasteiger partial charge in [-0.15, -0.1) is 10.2 Å². The van der Waals surface area contributed by atoms with Gasteiger partial charge in [0.25, 0.3) is 5.22 Å². The molecular formula is C21H30N4O4S2. The zero-order chi connectivity index (χ0) is 23.0. The van der Waals surface area contributed by atoms with Crippen molar-refractivity contribution in [3.05, 3.63) is 35.2 Å². The third-order valence-electron chi connectivity index (χ3n) is 4.00. The molecule has 0 aliphatic heterocycles. The molecule has 1 heterocycles. The van der Waals surface area contributed by atoms with Crippen LogP contribution in [0.25, 0.3) is 0 Å². The highest BCUT2D eigenvalue weighted by atomic mass is 32.2. The number of carbonyl (C=O) groups excluding carboxylic acids is 2. The molecule has 2 rings (SSSR count). The highest BCUT2D eigenvalue weighted by Crippen LogP contribution is 2.24. The van der Waals surface area contributed by atoms with E-state index in [9.17, 15) is 9.59 Å². The van der Waals surface area contributed by atoms with Gasteiger partial charge in [-0.2, -0.15) is 11.8 Å². The second-order valence-electron chi connectivity index (χ2n) is 8.04. The Balaban J connectivity index is 1.95. The maximum absolute atomic E-state index is 12.3. The lowest BCUT2D eigenvalue weighted by molar-refractivity contribution is -0.113. The molecule has 0 bridgehead atoms. The first-order valence-electron chi connectivity index (χ1n) is 9.89. The van der Waals surface area contributed by atoms with Crippen LogP contribution >= 0.6 is 23.5 Å². The fourth-order valence-corrected chi connectivity index (χ4v) is 3.67. The monoisotopic (exact) mass is 466 g/mol. The first-order chi connectivity index (χ1) is 14.6. The van der Waals surface area contributed by atoms with Gasteiger partial charge in [-0.1, -0.05) is 29.5 Å². The summed E-state index contributed by atoms with van der Waals surface area (Å²) in [6.07, 6.45) is 2.05. The van der Waals surface area contributed by atoms with Gasteiger partial charge in [-0.05, 0) is 64.7 Å². The SMILES string of the molecule is CSCC[C@H](NC(=O)OC(C)(C)C)c1nnc(SCC(=O)Nc2ccc(C)cc2C)o1. The quantitative estimate of drug-likeness (QED) is 0.511. The number of anilines is 1. The van der Waals surface area contributed by atoms with E-state index in [1.165, 1.54) is 0 Å². The molecule has 31 heavy (non-hydrogen) atoms. The van der Waals surface area contributed by atoms with E-state index in [2.05, 4.69) is 20.8 Å². The van der Waals surface area contributed by atoms with Gasteiger partial charge in [0, 0.05) is 5.69 Å². The number of thioether (sulfide) groups is 2. The molecule has 0 fully saturated rings. The predicted octanol–water partition coefficient (Wildman–Crippen LogP) is 4.74. The Labute approximate surface area is 191 Å². The lowest BCUT2D eigenvalue weighted by atomic mass is 10.1. The van der Waals surface area contributed by atoms with E-state index >= 15 is 0 Å². The number of carbonyl (C=O) groups is 2. The van der Waals surface area contributed by atoms with Gasteiger partial charge in [0.1, 0.15) is 11.6 Å². The minimum Gasteiger partial charge on any atom is -0.444 e. The molecule has 2 aromatic rings. The summed E-state index contributed by atoms with van der Waals surface area (Å²) in [5, 5.41) is 14.0. The molecule has 0 saturated carbocycles. The van der Waals surface area contributed by atoms with Crippen LogP contribution in [0.5, 0.6) is 0 Å². The lowest BCUT2D eigenvalue weighted by Gasteiger charge is -2.22. The van der Waals surface area contributed by atoms with Crippen LogP contribution in [0.15, 0.2) is 27.8 Å². The summed E-state index contributed by atoms with van der Waals surface area (Å²) < 4.78 is 11.0. The van der Waals surface area contributed by atoms with Crippen LogP contribution in [-0.2, 0) is 9.53 Å². The van der Waals surface area contributed by atoms with E-state index in [1.807, 2.05) is 38.3 Å². The van der Waals surface area contributed by atoms with Crippen LogP contribution in [-0.4, -0.2) is 45.6 Å². The van der Waals surface area contributed by atoms with Crippen molar-refractivity contribution in [2.75, 3.05) is 23.1 Å². The molecule has 170 valence electrons. The Morgan fingerprint density at radius 2 is 1.97 bits per heavy atom. The van der Waals surface area contributed by atoms with Crippen LogP contribution in [0, 0.1) is 13.8 Å². The van der Waals surface area contributed by atoms with E-state index in [1.54, 1.807) is 32.5 Å². The summed E-state index contributed by atoms with van der Waals surface area (Å²) >= 11 is 2.79. The normalized spacial score (nSPS) is 12.3. The van der Waals surface area contributed by atoms with Crippen LogP contribution in [0.1, 0.15) is 50.3 Å². The van der Waals surface area contributed by atoms with Gasteiger partial charge in [-0.3, -0.25) is 4.79 Å². The van der Waals surface area contributed by atoms with E-state index in [0.717, 1.165) is 34.3 Å². The van der Waals surface area contributed by atoms with Crippen LogP contribution in [0.4, 0.5) is 10.5 Å². The van der Waals surface area contributed by atoms with E-state index in [-0.39, 0.29) is 22.8 Å². The molecule has 0 aliphatic carbocycles. The summed E-state index contributed by atoms with van der Waals surface area (Å²) in [7, 11) is 0. The molecule has 0 spiro atoms.